The second-order valence-corrected chi connectivity index (χ2v) is 5.94. The number of hydrogen-bond donors (Lipinski definition) is 2. The number of rotatable bonds is 3. The molecule has 0 aliphatic carbocycles. The Labute approximate surface area is 118 Å². The molecule has 0 spiro atoms. The highest BCUT2D eigenvalue weighted by Crippen LogP contribution is 2.32. The molecule has 5 heteroatoms. The Kier molecular flexibility index (Phi) is 3.70. The van der Waals surface area contributed by atoms with Crippen molar-refractivity contribution in [3.63, 3.8) is 0 Å². The summed E-state index contributed by atoms with van der Waals surface area (Å²) >= 11 is 0. The van der Waals surface area contributed by atoms with Crippen molar-refractivity contribution >= 4 is 17.7 Å². The molecule has 1 aliphatic rings. The third-order valence-electron chi connectivity index (χ3n) is 3.46. The summed E-state index contributed by atoms with van der Waals surface area (Å²) in [6.07, 6.45) is 0.714. The van der Waals surface area contributed by atoms with Crippen molar-refractivity contribution in [3.8, 4) is 0 Å². The van der Waals surface area contributed by atoms with Gasteiger partial charge in [-0.25, -0.2) is 4.79 Å². The van der Waals surface area contributed by atoms with E-state index in [1.54, 1.807) is 18.7 Å². The van der Waals surface area contributed by atoms with Crippen LogP contribution in [0.1, 0.15) is 32.8 Å². The van der Waals surface area contributed by atoms with Crippen molar-refractivity contribution in [1.82, 2.24) is 5.32 Å². The molecule has 1 aromatic rings. The number of carbonyl (C=O) groups is 2. The minimum atomic E-state index is -0.926. The fourth-order valence-electron chi connectivity index (χ4n) is 2.65. The molecule has 0 bridgehead atoms. The monoisotopic (exact) mass is 276 g/mol. The number of hydrogen-bond acceptors (Lipinski definition) is 2. The molecule has 1 unspecified atom stereocenters. The van der Waals surface area contributed by atoms with Crippen LogP contribution in [0.15, 0.2) is 24.3 Å². The highest BCUT2D eigenvalue weighted by Gasteiger charge is 2.33. The summed E-state index contributed by atoms with van der Waals surface area (Å²) in [6.45, 7) is 5.42. The van der Waals surface area contributed by atoms with Gasteiger partial charge in [-0.05, 0) is 38.8 Å². The van der Waals surface area contributed by atoms with E-state index in [-0.39, 0.29) is 18.5 Å². The minimum absolute atomic E-state index is 0.0769. The van der Waals surface area contributed by atoms with Crippen molar-refractivity contribution < 1.29 is 14.7 Å². The van der Waals surface area contributed by atoms with Gasteiger partial charge in [-0.3, -0.25) is 9.69 Å². The number of nitrogens with zero attached hydrogens (tertiary/aromatic N) is 1. The molecular weight excluding hydrogens is 256 g/mol. The molecule has 2 N–H and O–H groups in total. The Balaban J connectivity index is 2.16. The van der Waals surface area contributed by atoms with Crippen molar-refractivity contribution in [3.05, 3.63) is 29.8 Å². The number of benzene rings is 1. The molecular formula is C15H20N2O3. The summed E-state index contributed by atoms with van der Waals surface area (Å²) < 4.78 is 0. The average molecular weight is 276 g/mol. The molecule has 1 aliphatic heterocycles. The van der Waals surface area contributed by atoms with Gasteiger partial charge >= 0.3 is 12.0 Å². The maximum Gasteiger partial charge on any atom is 0.322 e. The first-order valence-electron chi connectivity index (χ1n) is 6.71. The van der Waals surface area contributed by atoms with Crippen molar-refractivity contribution in [2.24, 2.45) is 0 Å². The van der Waals surface area contributed by atoms with Crippen LogP contribution in [0.25, 0.3) is 0 Å². The fourth-order valence-corrected chi connectivity index (χ4v) is 2.65. The molecule has 1 atom stereocenters. The summed E-state index contributed by atoms with van der Waals surface area (Å²) in [4.78, 5) is 25.0. The van der Waals surface area contributed by atoms with E-state index < -0.39 is 11.5 Å². The predicted molar refractivity (Wildman–Crippen MR) is 77.0 cm³/mol. The molecule has 0 saturated carbocycles. The van der Waals surface area contributed by atoms with Gasteiger partial charge < -0.3 is 10.4 Å². The Bertz CT molecular complexity index is 540. The van der Waals surface area contributed by atoms with Crippen LogP contribution in [-0.4, -0.2) is 28.7 Å². The van der Waals surface area contributed by atoms with E-state index in [4.69, 9.17) is 5.11 Å². The second kappa shape index (κ2) is 5.15. The van der Waals surface area contributed by atoms with E-state index in [2.05, 4.69) is 5.32 Å². The third-order valence-corrected chi connectivity index (χ3v) is 3.46. The number of carbonyl (C=O) groups excluding carboxylic acids is 1. The van der Waals surface area contributed by atoms with E-state index in [0.717, 1.165) is 17.7 Å². The smallest absolute Gasteiger partial charge is 0.322 e. The van der Waals surface area contributed by atoms with Gasteiger partial charge in [0.25, 0.3) is 0 Å². The largest absolute Gasteiger partial charge is 0.481 e. The number of nitrogens with one attached hydrogen (secondary N) is 1. The number of fused-ring (bicyclic) bond motifs is 1. The minimum Gasteiger partial charge on any atom is -0.481 e. The molecule has 2 amide bonds. The third kappa shape index (κ3) is 2.92. The van der Waals surface area contributed by atoms with Crippen LogP contribution in [0.4, 0.5) is 10.5 Å². The molecule has 0 aromatic heterocycles. The predicted octanol–water partition coefficient (Wildman–Crippen LogP) is 2.40. The lowest BCUT2D eigenvalue weighted by molar-refractivity contribution is -0.138. The molecule has 20 heavy (non-hydrogen) atoms. The standard InChI is InChI=1S/C15H20N2O3/c1-10-8-11-6-4-5-7-12(11)17(10)14(20)16-15(2,3)9-13(18)19/h4-7,10H,8-9H2,1-3H3,(H,16,20)(H,18,19). The Morgan fingerprint density at radius 2 is 2.05 bits per heavy atom. The molecule has 1 heterocycles. The van der Waals surface area contributed by atoms with Crippen LogP contribution in [-0.2, 0) is 11.2 Å². The quantitative estimate of drug-likeness (QED) is 0.890. The zero-order chi connectivity index (χ0) is 14.9. The van der Waals surface area contributed by atoms with Gasteiger partial charge in [0, 0.05) is 17.3 Å². The topological polar surface area (TPSA) is 69.6 Å². The van der Waals surface area contributed by atoms with E-state index in [1.807, 2.05) is 31.2 Å². The maximum absolute atomic E-state index is 12.4. The number of carboxylic acids is 1. The van der Waals surface area contributed by atoms with E-state index in [1.165, 1.54) is 0 Å². The number of para-hydroxylation sites is 1. The van der Waals surface area contributed by atoms with Crippen LogP contribution >= 0.6 is 0 Å². The van der Waals surface area contributed by atoms with Gasteiger partial charge in [0.1, 0.15) is 0 Å². The number of carboxylic acid groups (broad SMARTS) is 1. The normalized spacial score (nSPS) is 17.8. The number of aliphatic carboxylic acids is 1. The molecule has 0 saturated heterocycles. The van der Waals surface area contributed by atoms with Crippen LogP contribution in [0, 0.1) is 0 Å². The zero-order valence-electron chi connectivity index (χ0n) is 12.0. The summed E-state index contributed by atoms with van der Waals surface area (Å²) in [5.41, 5.74) is 1.27. The van der Waals surface area contributed by atoms with Crippen LogP contribution in [0.5, 0.6) is 0 Å². The van der Waals surface area contributed by atoms with Gasteiger partial charge in [0.05, 0.1) is 6.42 Å². The Morgan fingerprint density at radius 1 is 1.40 bits per heavy atom. The van der Waals surface area contributed by atoms with E-state index in [0.29, 0.717) is 0 Å². The first-order valence-corrected chi connectivity index (χ1v) is 6.71. The lowest BCUT2D eigenvalue weighted by Gasteiger charge is -2.30. The number of amides is 2. The lowest BCUT2D eigenvalue weighted by Crippen LogP contribution is -2.52. The van der Waals surface area contributed by atoms with Gasteiger partial charge in [-0.1, -0.05) is 18.2 Å². The summed E-state index contributed by atoms with van der Waals surface area (Å²) in [5.74, 6) is -0.926. The van der Waals surface area contributed by atoms with Gasteiger partial charge in [-0.2, -0.15) is 0 Å². The van der Waals surface area contributed by atoms with Crippen LogP contribution in [0.3, 0.4) is 0 Å². The molecule has 5 nitrogen and oxygen atoms in total. The molecule has 0 radical (unpaired) electrons. The van der Waals surface area contributed by atoms with Crippen LogP contribution < -0.4 is 10.2 Å². The first kappa shape index (κ1) is 14.4. The first-order chi connectivity index (χ1) is 9.30. The second-order valence-electron chi connectivity index (χ2n) is 5.94. The Morgan fingerprint density at radius 3 is 2.70 bits per heavy atom. The number of anilines is 1. The summed E-state index contributed by atoms with van der Waals surface area (Å²) in [5, 5.41) is 11.7. The molecule has 1 aromatic carbocycles. The maximum atomic E-state index is 12.4. The number of urea groups is 1. The van der Waals surface area contributed by atoms with Gasteiger partial charge in [0.2, 0.25) is 0 Å². The highest BCUT2D eigenvalue weighted by molar-refractivity contribution is 5.95. The van der Waals surface area contributed by atoms with Crippen LogP contribution in [0.2, 0.25) is 0 Å². The van der Waals surface area contributed by atoms with Crippen molar-refractivity contribution in [2.75, 3.05) is 4.90 Å². The fraction of sp³-hybridized carbons (Fsp3) is 0.467. The van der Waals surface area contributed by atoms with Gasteiger partial charge in [-0.15, -0.1) is 0 Å². The molecule has 2 rings (SSSR count). The van der Waals surface area contributed by atoms with Crippen molar-refractivity contribution in [2.45, 2.75) is 45.2 Å². The average Bonchev–Trinajstić information content (AvgIpc) is 2.61. The van der Waals surface area contributed by atoms with Crippen molar-refractivity contribution in [1.29, 1.82) is 0 Å². The molecule has 108 valence electrons. The van der Waals surface area contributed by atoms with E-state index >= 15 is 0 Å². The molecule has 0 fully saturated rings. The summed E-state index contributed by atoms with van der Waals surface area (Å²) in [7, 11) is 0. The zero-order valence-corrected chi connectivity index (χ0v) is 12.0. The van der Waals surface area contributed by atoms with E-state index in [9.17, 15) is 9.59 Å². The SMILES string of the molecule is CC1Cc2ccccc2N1C(=O)NC(C)(C)CC(=O)O. The van der Waals surface area contributed by atoms with Gasteiger partial charge in [0.15, 0.2) is 0 Å². The Hall–Kier alpha value is -2.04. The summed E-state index contributed by atoms with van der Waals surface area (Å²) in [6, 6.07) is 7.63. The lowest BCUT2D eigenvalue weighted by atomic mass is 10.0. The highest BCUT2D eigenvalue weighted by atomic mass is 16.4.